The van der Waals surface area contributed by atoms with Gasteiger partial charge in [0.15, 0.2) is 0 Å². The molecule has 2 N–H and O–H groups in total. The fourth-order valence-corrected chi connectivity index (χ4v) is 5.40. The van der Waals surface area contributed by atoms with Gasteiger partial charge >= 0.3 is 5.97 Å². The van der Waals surface area contributed by atoms with Gasteiger partial charge in [-0.25, -0.2) is 9.18 Å². The molecule has 2 aromatic carbocycles. The van der Waals surface area contributed by atoms with Crippen LogP contribution in [-0.2, 0) is 11.2 Å². The van der Waals surface area contributed by atoms with Gasteiger partial charge in [0, 0.05) is 17.3 Å². The molecular weight excluding hydrogens is 425 g/mol. The number of benzene rings is 2. The van der Waals surface area contributed by atoms with E-state index in [1.807, 2.05) is 18.2 Å². The van der Waals surface area contributed by atoms with Crippen LogP contribution < -0.4 is 5.32 Å². The lowest BCUT2D eigenvalue weighted by Gasteiger charge is -2.27. The number of hydrogen-bond donors (Lipinski definition) is 2. The zero-order valence-electron chi connectivity index (χ0n) is 18.9. The second-order valence-electron chi connectivity index (χ2n) is 9.49. The standard InChI is InChI=1S/C30H26FNO2/c31-27-11-4-9-23-24(27)10-2-6-19-5-1-8-21-15-22(17-25(23)29(19)21)32-28-12-3-7-20(18-13-14-18)16-26(28)30(33)34/h1-2,4,6-9,11-12,15-19,32H,3,5,10,13-14H2,(H,33,34)/b6-2+. The summed E-state index contributed by atoms with van der Waals surface area (Å²) in [5, 5.41) is 13.4. The van der Waals surface area contributed by atoms with Crippen molar-refractivity contribution in [3.63, 3.8) is 0 Å². The molecule has 0 radical (unpaired) electrons. The van der Waals surface area contributed by atoms with Crippen molar-refractivity contribution in [2.24, 2.45) is 5.92 Å². The lowest BCUT2D eigenvalue weighted by Crippen LogP contribution is -2.13. The third kappa shape index (κ3) is 3.73. The van der Waals surface area contributed by atoms with E-state index in [1.165, 1.54) is 11.6 Å². The van der Waals surface area contributed by atoms with E-state index in [4.69, 9.17) is 0 Å². The van der Waals surface area contributed by atoms with Crippen molar-refractivity contribution < 1.29 is 14.3 Å². The number of nitrogens with one attached hydrogen (secondary N) is 1. The molecule has 1 saturated carbocycles. The highest BCUT2D eigenvalue weighted by molar-refractivity contribution is 5.94. The Hall–Kier alpha value is -3.66. The zero-order valence-corrected chi connectivity index (χ0v) is 18.9. The SMILES string of the molecule is O=C(O)C1=CC(C2CC2)=CCC=C1Nc1cc2c3c(c1)-c1cccc(F)c1C/C=C/C3CC=C2. The second-order valence-corrected chi connectivity index (χ2v) is 9.49. The molecular formula is C30H26FNO2. The number of carboxylic acids is 1. The minimum Gasteiger partial charge on any atom is -0.478 e. The Kier molecular flexibility index (Phi) is 5.09. The van der Waals surface area contributed by atoms with Crippen LogP contribution in [0.2, 0.25) is 0 Å². The summed E-state index contributed by atoms with van der Waals surface area (Å²) in [6.07, 6.45) is 18.9. The molecule has 34 heavy (non-hydrogen) atoms. The van der Waals surface area contributed by atoms with Gasteiger partial charge in [-0.2, -0.15) is 0 Å². The maximum absolute atomic E-state index is 14.8. The Morgan fingerprint density at radius 1 is 1.09 bits per heavy atom. The van der Waals surface area contributed by atoms with Crippen molar-refractivity contribution >= 4 is 17.7 Å². The van der Waals surface area contributed by atoms with Gasteiger partial charge < -0.3 is 10.4 Å². The summed E-state index contributed by atoms with van der Waals surface area (Å²) in [6.45, 7) is 0. The number of hydrogen-bond acceptors (Lipinski definition) is 2. The first kappa shape index (κ1) is 20.9. The largest absolute Gasteiger partial charge is 0.478 e. The van der Waals surface area contributed by atoms with E-state index in [-0.39, 0.29) is 11.7 Å². The Morgan fingerprint density at radius 2 is 1.97 bits per heavy atom. The van der Waals surface area contributed by atoms with Gasteiger partial charge in [0.1, 0.15) is 5.82 Å². The maximum atomic E-state index is 14.8. The highest BCUT2D eigenvalue weighted by Crippen LogP contribution is 2.44. The molecule has 0 spiro atoms. The first-order valence-corrected chi connectivity index (χ1v) is 12.0. The van der Waals surface area contributed by atoms with E-state index in [1.54, 1.807) is 6.07 Å². The molecule has 0 aromatic heterocycles. The Labute approximate surface area is 198 Å². The predicted octanol–water partition coefficient (Wildman–Crippen LogP) is 7.15. The Morgan fingerprint density at radius 3 is 2.79 bits per heavy atom. The van der Waals surface area contributed by atoms with Crippen LogP contribution in [-0.4, -0.2) is 11.1 Å². The van der Waals surface area contributed by atoms with Gasteiger partial charge in [-0.3, -0.25) is 0 Å². The molecule has 1 atom stereocenters. The van der Waals surface area contributed by atoms with Gasteiger partial charge in [0.05, 0.1) is 5.57 Å². The molecule has 0 heterocycles. The van der Waals surface area contributed by atoms with E-state index in [0.29, 0.717) is 35.6 Å². The molecule has 0 amide bonds. The number of halogens is 1. The minimum absolute atomic E-state index is 0.194. The zero-order chi connectivity index (χ0) is 23.2. The van der Waals surface area contributed by atoms with Gasteiger partial charge in [-0.05, 0) is 95.7 Å². The Bertz CT molecular complexity index is 1350. The third-order valence-corrected chi connectivity index (χ3v) is 7.20. The topological polar surface area (TPSA) is 49.3 Å². The number of anilines is 1. The Balaban J connectivity index is 1.46. The lowest BCUT2D eigenvalue weighted by molar-refractivity contribution is -0.132. The van der Waals surface area contributed by atoms with Crippen LogP contribution in [0.15, 0.2) is 83.6 Å². The second kappa shape index (κ2) is 8.28. The average molecular weight is 452 g/mol. The molecule has 1 unspecified atom stereocenters. The summed E-state index contributed by atoms with van der Waals surface area (Å²) in [6, 6.07) is 9.42. The first-order chi connectivity index (χ1) is 16.6. The van der Waals surface area contributed by atoms with Crippen molar-refractivity contribution in [2.75, 3.05) is 5.32 Å². The normalized spacial score (nSPS) is 21.6. The fourth-order valence-electron chi connectivity index (χ4n) is 5.40. The molecule has 0 bridgehead atoms. The average Bonchev–Trinajstić information content (AvgIpc) is 3.66. The minimum atomic E-state index is -0.933. The van der Waals surface area contributed by atoms with Crippen molar-refractivity contribution in [3.8, 4) is 11.1 Å². The summed E-state index contributed by atoms with van der Waals surface area (Å²) in [5.74, 6) is -0.389. The summed E-state index contributed by atoms with van der Waals surface area (Å²) in [5.41, 5.74) is 7.75. The third-order valence-electron chi connectivity index (χ3n) is 7.20. The summed E-state index contributed by atoms with van der Waals surface area (Å²) in [7, 11) is 0. The van der Waals surface area contributed by atoms with Crippen LogP contribution in [0.3, 0.4) is 0 Å². The van der Waals surface area contributed by atoms with E-state index < -0.39 is 5.97 Å². The van der Waals surface area contributed by atoms with E-state index >= 15 is 0 Å². The number of fused-ring (bicyclic) bond motifs is 2. The van der Waals surface area contributed by atoms with Crippen LogP contribution in [0.4, 0.5) is 10.1 Å². The highest BCUT2D eigenvalue weighted by atomic mass is 19.1. The van der Waals surface area contributed by atoms with E-state index in [0.717, 1.165) is 47.2 Å². The molecule has 0 saturated heterocycles. The van der Waals surface area contributed by atoms with Crippen molar-refractivity contribution in [1.29, 1.82) is 0 Å². The summed E-state index contributed by atoms with van der Waals surface area (Å²) >= 11 is 0. The quantitative estimate of drug-likeness (QED) is 0.485. The lowest BCUT2D eigenvalue weighted by atomic mass is 9.78. The monoisotopic (exact) mass is 451 g/mol. The van der Waals surface area contributed by atoms with Crippen LogP contribution in [0.25, 0.3) is 17.2 Å². The summed E-state index contributed by atoms with van der Waals surface area (Å²) < 4.78 is 14.8. The molecule has 0 aliphatic heterocycles. The number of carboxylic acid groups (broad SMARTS) is 1. The van der Waals surface area contributed by atoms with Crippen LogP contribution in [0.5, 0.6) is 0 Å². The van der Waals surface area contributed by atoms with Gasteiger partial charge in [0.25, 0.3) is 0 Å². The molecule has 4 aliphatic carbocycles. The molecule has 3 nitrogen and oxygen atoms in total. The number of aliphatic carboxylic acids is 1. The van der Waals surface area contributed by atoms with Crippen LogP contribution in [0, 0.1) is 11.7 Å². The fraction of sp³-hybridized carbons (Fsp3) is 0.233. The number of rotatable bonds is 4. The molecule has 170 valence electrons. The number of carbonyl (C=O) groups is 1. The van der Waals surface area contributed by atoms with Crippen LogP contribution >= 0.6 is 0 Å². The van der Waals surface area contributed by atoms with Gasteiger partial charge in [-0.15, -0.1) is 0 Å². The molecule has 2 aromatic rings. The molecule has 6 rings (SSSR count). The predicted molar refractivity (Wildman–Crippen MR) is 134 cm³/mol. The van der Waals surface area contributed by atoms with Crippen molar-refractivity contribution in [3.05, 3.63) is 106 Å². The maximum Gasteiger partial charge on any atom is 0.337 e. The number of allylic oxidation sites excluding steroid dienone is 7. The van der Waals surface area contributed by atoms with E-state index in [9.17, 15) is 14.3 Å². The van der Waals surface area contributed by atoms with E-state index in [2.05, 4.69) is 47.8 Å². The highest BCUT2D eigenvalue weighted by Gasteiger charge is 2.28. The first-order valence-electron chi connectivity index (χ1n) is 12.0. The van der Waals surface area contributed by atoms with Crippen molar-refractivity contribution in [2.45, 2.75) is 38.0 Å². The van der Waals surface area contributed by atoms with Gasteiger partial charge in [0.2, 0.25) is 0 Å². The van der Waals surface area contributed by atoms with Crippen molar-refractivity contribution in [1.82, 2.24) is 0 Å². The molecule has 4 heteroatoms. The van der Waals surface area contributed by atoms with Crippen LogP contribution in [0.1, 0.15) is 48.3 Å². The molecule has 4 aliphatic rings. The smallest absolute Gasteiger partial charge is 0.337 e. The summed E-state index contributed by atoms with van der Waals surface area (Å²) in [4.78, 5) is 12.2. The molecule has 1 fully saturated rings. The van der Waals surface area contributed by atoms with Gasteiger partial charge in [-0.1, -0.05) is 48.6 Å².